The molecule has 0 unspecified atom stereocenters. The van der Waals surface area contributed by atoms with Gasteiger partial charge in [0.05, 0.1) is 7.11 Å². The van der Waals surface area contributed by atoms with E-state index in [2.05, 4.69) is 5.32 Å². The molecule has 0 aliphatic heterocycles. The van der Waals surface area contributed by atoms with Crippen molar-refractivity contribution in [1.29, 1.82) is 0 Å². The van der Waals surface area contributed by atoms with Gasteiger partial charge in [-0.15, -0.1) is 0 Å². The normalized spacial score (nSPS) is 10.2. The molecule has 128 valence electrons. The summed E-state index contributed by atoms with van der Waals surface area (Å²) in [6.07, 6.45) is 2.48. The Kier molecular flexibility index (Phi) is 8.80. The average Bonchev–Trinajstić information content (AvgIpc) is 2.55. The van der Waals surface area contributed by atoms with Crippen molar-refractivity contribution in [3.63, 3.8) is 0 Å². The van der Waals surface area contributed by atoms with Crippen LogP contribution >= 0.6 is 0 Å². The highest BCUT2D eigenvalue weighted by atomic mass is 16.5. The number of nitrogens with one attached hydrogen (secondary N) is 1. The van der Waals surface area contributed by atoms with Crippen LogP contribution in [0.2, 0.25) is 0 Å². The topological polar surface area (TPSA) is 58.6 Å². The molecule has 1 aromatic carbocycles. The average molecular weight is 320 g/mol. The molecule has 0 saturated carbocycles. The first-order valence-electron chi connectivity index (χ1n) is 8.28. The Morgan fingerprint density at radius 2 is 1.70 bits per heavy atom. The van der Waals surface area contributed by atoms with Crippen LogP contribution in [-0.4, -0.2) is 43.5 Å². The highest BCUT2D eigenvalue weighted by molar-refractivity contribution is 5.96. The third-order valence-corrected chi connectivity index (χ3v) is 3.55. The number of carbonyl (C=O) groups is 2. The van der Waals surface area contributed by atoms with Gasteiger partial charge in [0.2, 0.25) is 11.8 Å². The van der Waals surface area contributed by atoms with Crippen molar-refractivity contribution in [3.8, 4) is 5.75 Å². The van der Waals surface area contributed by atoms with Gasteiger partial charge in [0.25, 0.3) is 0 Å². The van der Waals surface area contributed by atoms with Crippen LogP contribution in [0.5, 0.6) is 5.75 Å². The highest BCUT2D eigenvalue weighted by Gasteiger charge is 2.15. The van der Waals surface area contributed by atoms with Crippen molar-refractivity contribution in [2.24, 2.45) is 0 Å². The van der Waals surface area contributed by atoms with Crippen LogP contribution in [0.15, 0.2) is 24.3 Å². The van der Waals surface area contributed by atoms with E-state index in [1.54, 1.807) is 12.0 Å². The van der Waals surface area contributed by atoms with Crippen LogP contribution in [0.1, 0.15) is 38.7 Å². The van der Waals surface area contributed by atoms with Gasteiger partial charge in [-0.05, 0) is 37.0 Å². The van der Waals surface area contributed by atoms with Gasteiger partial charge in [0.1, 0.15) is 12.2 Å². The second kappa shape index (κ2) is 10.6. The number of methoxy groups -OCH3 is 1. The lowest BCUT2D eigenvalue weighted by Crippen LogP contribution is -2.37. The molecule has 2 amide bonds. The fourth-order valence-electron chi connectivity index (χ4n) is 2.35. The van der Waals surface area contributed by atoms with Gasteiger partial charge in [-0.25, -0.2) is 0 Å². The van der Waals surface area contributed by atoms with Gasteiger partial charge in [-0.3, -0.25) is 9.59 Å². The lowest BCUT2D eigenvalue weighted by Gasteiger charge is -2.21. The third-order valence-electron chi connectivity index (χ3n) is 3.55. The van der Waals surface area contributed by atoms with Crippen LogP contribution in [0.25, 0.3) is 0 Å². The minimum Gasteiger partial charge on any atom is -0.497 e. The SMILES string of the molecule is CCCN(CCC)C(=O)CC(=O)NCCc1ccc(OC)cc1. The van der Waals surface area contributed by atoms with E-state index >= 15 is 0 Å². The molecule has 5 heteroatoms. The minimum absolute atomic E-state index is 0.0669. The van der Waals surface area contributed by atoms with Gasteiger partial charge < -0.3 is 15.0 Å². The van der Waals surface area contributed by atoms with Gasteiger partial charge in [-0.1, -0.05) is 26.0 Å². The summed E-state index contributed by atoms with van der Waals surface area (Å²) in [6.45, 7) is 6.02. The number of amides is 2. The Morgan fingerprint density at radius 3 is 2.22 bits per heavy atom. The fraction of sp³-hybridized carbons (Fsp3) is 0.556. The lowest BCUT2D eigenvalue weighted by molar-refractivity contribution is -0.136. The minimum atomic E-state index is -0.208. The van der Waals surface area contributed by atoms with Crippen LogP contribution in [0.3, 0.4) is 0 Å². The number of ether oxygens (including phenoxy) is 1. The molecule has 0 aliphatic carbocycles. The van der Waals surface area contributed by atoms with E-state index in [4.69, 9.17) is 4.74 Å². The van der Waals surface area contributed by atoms with Crippen molar-refractivity contribution in [3.05, 3.63) is 29.8 Å². The van der Waals surface area contributed by atoms with Crippen LogP contribution in [0.4, 0.5) is 0 Å². The molecule has 0 atom stereocenters. The molecule has 0 fully saturated rings. The van der Waals surface area contributed by atoms with E-state index < -0.39 is 0 Å². The number of benzene rings is 1. The Bertz CT molecular complexity index is 480. The van der Waals surface area contributed by atoms with Gasteiger partial charge in [-0.2, -0.15) is 0 Å². The zero-order valence-corrected chi connectivity index (χ0v) is 14.4. The first kappa shape index (κ1) is 19.0. The van der Waals surface area contributed by atoms with Crippen molar-refractivity contribution in [2.75, 3.05) is 26.7 Å². The number of nitrogens with zero attached hydrogens (tertiary/aromatic N) is 1. The van der Waals surface area contributed by atoms with Crippen LogP contribution in [0, 0.1) is 0 Å². The van der Waals surface area contributed by atoms with Crippen molar-refractivity contribution in [1.82, 2.24) is 10.2 Å². The lowest BCUT2D eigenvalue weighted by atomic mass is 10.1. The molecule has 0 bridgehead atoms. The molecule has 0 heterocycles. The smallest absolute Gasteiger partial charge is 0.232 e. The maximum absolute atomic E-state index is 12.1. The molecule has 0 radical (unpaired) electrons. The summed E-state index contributed by atoms with van der Waals surface area (Å²) in [5.41, 5.74) is 1.12. The maximum atomic E-state index is 12.1. The van der Waals surface area contributed by atoms with E-state index in [0.717, 1.165) is 30.6 Å². The van der Waals surface area contributed by atoms with Gasteiger partial charge in [0, 0.05) is 19.6 Å². The fourth-order valence-corrected chi connectivity index (χ4v) is 2.35. The summed E-state index contributed by atoms with van der Waals surface area (Å²) in [7, 11) is 1.63. The molecular formula is C18H28N2O3. The van der Waals surface area contributed by atoms with E-state index in [9.17, 15) is 9.59 Å². The number of rotatable bonds is 10. The molecule has 0 spiro atoms. The molecule has 0 saturated heterocycles. The number of carbonyl (C=O) groups excluding carboxylic acids is 2. The molecule has 5 nitrogen and oxygen atoms in total. The second-order valence-electron chi connectivity index (χ2n) is 5.51. The molecule has 0 aliphatic rings. The maximum Gasteiger partial charge on any atom is 0.232 e. The Hall–Kier alpha value is -2.04. The number of hydrogen-bond acceptors (Lipinski definition) is 3. The van der Waals surface area contributed by atoms with Crippen molar-refractivity contribution in [2.45, 2.75) is 39.5 Å². The molecule has 0 aromatic heterocycles. The van der Waals surface area contributed by atoms with Gasteiger partial charge in [0.15, 0.2) is 0 Å². The zero-order chi connectivity index (χ0) is 17.1. The summed E-state index contributed by atoms with van der Waals surface area (Å²) in [4.78, 5) is 25.7. The second-order valence-corrected chi connectivity index (χ2v) is 5.51. The first-order chi connectivity index (χ1) is 11.1. The monoisotopic (exact) mass is 320 g/mol. The van der Waals surface area contributed by atoms with Gasteiger partial charge >= 0.3 is 0 Å². The highest BCUT2D eigenvalue weighted by Crippen LogP contribution is 2.11. The van der Waals surface area contributed by atoms with E-state index in [0.29, 0.717) is 19.6 Å². The Labute approximate surface area is 139 Å². The molecular weight excluding hydrogens is 292 g/mol. The molecule has 1 aromatic rings. The van der Waals surface area contributed by atoms with Crippen molar-refractivity contribution < 1.29 is 14.3 Å². The zero-order valence-electron chi connectivity index (χ0n) is 14.4. The predicted octanol–water partition coefficient (Wildman–Crippen LogP) is 2.39. The Balaban J connectivity index is 2.33. The van der Waals surface area contributed by atoms with Crippen LogP contribution in [-0.2, 0) is 16.0 Å². The quantitative estimate of drug-likeness (QED) is 0.674. The summed E-state index contributed by atoms with van der Waals surface area (Å²) in [5.74, 6) is 0.520. The van der Waals surface area contributed by atoms with Crippen molar-refractivity contribution >= 4 is 11.8 Å². The summed E-state index contributed by atoms with van der Waals surface area (Å²) in [5, 5.41) is 2.81. The third kappa shape index (κ3) is 7.17. The summed E-state index contributed by atoms with van der Waals surface area (Å²) >= 11 is 0. The van der Waals surface area contributed by atoms with E-state index in [1.807, 2.05) is 38.1 Å². The summed E-state index contributed by atoms with van der Waals surface area (Å²) < 4.78 is 5.11. The standard InChI is InChI=1S/C18H28N2O3/c1-4-12-20(13-5-2)18(22)14-17(21)19-11-10-15-6-8-16(23-3)9-7-15/h6-9H,4-5,10-14H2,1-3H3,(H,19,21). The molecule has 23 heavy (non-hydrogen) atoms. The number of hydrogen-bond donors (Lipinski definition) is 1. The van der Waals surface area contributed by atoms with E-state index in [-0.39, 0.29) is 18.2 Å². The summed E-state index contributed by atoms with van der Waals surface area (Å²) in [6, 6.07) is 7.74. The molecule has 1 N–H and O–H groups in total. The predicted molar refractivity (Wildman–Crippen MR) is 91.5 cm³/mol. The van der Waals surface area contributed by atoms with E-state index in [1.165, 1.54) is 0 Å². The van der Waals surface area contributed by atoms with Crippen LogP contribution < -0.4 is 10.1 Å². The largest absolute Gasteiger partial charge is 0.497 e. The first-order valence-corrected chi connectivity index (χ1v) is 8.28. The molecule has 1 rings (SSSR count). The Morgan fingerprint density at radius 1 is 1.09 bits per heavy atom.